The molecule has 2 unspecified atom stereocenters. The lowest BCUT2D eigenvalue weighted by Gasteiger charge is -2.28. The minimum absolute atomic E-state index is 0.109. The Morgan fingerprint density at radius 3 is 2.49 bits per heavy atom. The number of anilines is 1. The number of hydrogen-bond donors (Lipinski definition) is 3. The molecule has 3 aromatic rings. The Balaban J connectivity index is 1.53. The molecule has 1 fully saturated rings. The lowest BCUT2D eigenvalue weighted by molar-refractivity contribution is 0.0282. The second-order valence-corrected chi connectivity index (χ2v) is 11.3. The van der Waals surface area contributed by atoms with Gasteiger partial charge in [0.2, 0.25) is 0 Å². The fourth-order valence-electron chi connectivity index (χ4n) is 5.08. The monoisotopic (exact) mass is 542 g/mol. The molecule has 0 amide bonds. The lowest BCUT2D eigenvalue weighted by Crippen LogP contribution is -2.27. The summed E-state index contributed by atoms with van der Waals surface area (Å²) in [6.07, 6.45) is 8.68. The molecule has 0 radical (unpaired) electrons. The molecule has 210 valence electrons. The van der Waals surface area contributed by atoms with E-state index in [0.717, 1.165) is 61.6 Å². The summed E-state index contributed by atoms with van der Waals surface area (Å²) in [5, 5.41) is 13.1. The number of nitrogens with zero attached hydrogens (tertiary/aromatic N) is 2. The van der Waals surface area contributed by atoms with Gasteiger partial charge in [0.05, 0.1) is 35.3 Å². The van der Waals surface area contributed by atoms with Crippen LogP contribution in [0.1, 0.15) is 70.1 Å². The van der Waals surface area contributed by atoms with E-state index in [1.54, 1.807) is 12.4 Å². The maximum atomic E-state index is 14.9. The topological polar surface area (TPSA) is 93.3 Å². The van der Waals surface area contributed by atoms with Gasteiger partial charge in [-0.05, 0) is 75.1 Å². The summed E-state index contributed by atoms with van der Waals surface area (Å²) in [4.78, 5) is 8.52. The molecule has 2 aromatic heterocycles. The van der Waals surface area contributed by atoms with Gasteiger partial charge in [0.25, 0.3) is 0 Å². The number of hydrogen-bond acceptors (Lipinski definition) is 6. The van der Waals surface area contributed by atoms with Gasteiger partial charge in [0, 0.05) is 24.4 Å². The number of ether oxygens (including phenoxy) is 1. The zero-order valence-electron chi connectivity index (χ0n) is 22.7. The molecule has 1 aromatic carbocycles. The molecule has 4 N–H and O–H groups in total. The molecule has 1 saturated carbocycles. The van der Waals surface area contributed by atoms with E-state index < -0.39 is 34.3 Å². The minimum Gasteiger partial charge on any atom is -0.490 e. The molecule has 39 heavy (non-hydrogen) atoms. The van der Waals surface area contributed by atoms with Crippen LogP contribution in [-0.2, 0) is 6.54 Å². The molecule has 1 aliphatic carbocycles. The molecule has 0 spiro atoms. The highest BCUT2D eigenvalue weighted by Crippen LogP contribution is 2.36. The minimum atomic E-state index is -1.18. The molecule has 2 heterocycles. The van der Waals surface area contributed by atoms with E-state index in [-0.39, 0.29) is 24.9 Å². The highest BCUT2D eigenvalue weighted by Gasteiger charge is 2.23. The quantitative estimate of drug-likeness (QED) is 0.308. The normalized spacial score (nSPS) is 20.3. The van der Waals surface area contributed by atoms with Crippen molar-refractivity contribution in [2.45, 2.75) is 77.0 Å². The van der Waals surface area contributed by atoms with Crippen LogP contribution in [0, 0.1) is 23.4 Å². The van der Waals surface area contributed by atoms with Gasteiger partial charge in [0.15, 0.2) is 0 Å². The van der Waals surface area contributed by atoms with E-state index in [1.807, 2.05) is 6.07 Å². The van der Waals surface area contributed by atoms with Crippen LogP contribution < -0.4 is 15.8 Å². The molecule has 3 atom stereocenters. The van der Waals surface area contributed by atoms with Crippen molar-refractivity contribution in [3.8, 4) is 17.0 Å². The zero-order chi connectivity index (χ0) is 28.2. The predicted octanol–water partition coefficient (Wildman–Crippen LogP) is 6.33. The standard InChI is InChI=1S/C30H37F3N4O2/c1-18-4-5-19(6-7-20(34)12-18)23-10-11-35-16-27(23)36-15-21-8-9-24(31)29(37-21)28-25(32)13-22(14-26(28)33)39-17-30(2,3)38/h8-11,13-14,16,18-20,36,38H,4-7,12,15,17,34H2,1-3H3/t18-,19?,20?/m0/s1. The van der Waals surface area contributed by atoms with Crippen molar-refractivity contribution in [1.82, 2.24) is 9.97 Å². The van der Waals surface area contributed by atoms with Crippen molar-refractivity contribution in [2.24, 2.45) is 11.7 Å². The van der Waals surface area contributed by atoms with Crippen molar-refractivity contribution < 1.29 is 23.0 Å². The third-order valence-electron chi connectivity index (χ3n) is 7.10. The Morgan fingerprint density at radius 1 is 1.05 bits per heavy atom. The lowest BCUT2D eigenvalue weighted by atomic mass is 9.81. The number of aliphatic hydroxyl groups is 1. The van der Waals surface area contributed by atoms with Crippen molar-refractivity contribution in [3.05, 3.63) is 71.4 Å². The van der Waals surface area contributed by atoms with Crippen LogP contribution in [0.4, 0.5) is 18.9 Å². The Bertz CT molecular complexity index is 1250. The second-order valence-electron chi connectivity index (χ2n) is 11.3. The summed E-state index contributed by atoms with van der Waals surface area (Å²) >= 11 is 0. The molecule has 6 nitrogen and oxygen atoms in total. The first-order valence-electron chi connectivity index (χ1n) is 13.4. The number of pyridine rings is 2. The Labute approximate surface area is 227 Å². The van der Waals surface area contributed by atoms with Crippen molar-refractivity contribution in [3.63, 3.8) is 0 Å². The van der Waals surface area contributed by atoms with Crippen LogP contribution in [0.2, 0.25) is 0 Å². The maximum absolute atomic E-state index is 14.9. The van der Waals surface area contributed by atoms with Gasteiger partial charge in [-0.15, -0.1) is 0 Å². The van der Waals surface area contributed by atoms with Crippen molar-refractivity contribution >= 4 is 5.69 Å². The molecule has 0 aliphatic heterocycles. The van der Waals surface area contributed by atoms with E-state index in [1.165, 1.54) is 19.9 Å². The largest absolute Gasteiger partial charge is 0.490 e. The summed E-state index contributed by atoms with van der Waals surface area (Å²) in [5.41, 5.74) is 6.53. The molecular formula is C30H37F3N4O2. The Kier molecular flexibility index (Phi) is 9.12. The SMILES string of the molecule is C[C@H]1CCC(c2ccncc2NCc2ccc(F)c(-c3c(F)cc(OCC(C)(C)O)cc3F)n2)CCC(N)C1. The maximum Gasteiger partial charge on any atom is 0.149 e. The van der Waals surface area contributed by atoms with Crippen LogP contribution in [0.3, 0.4) is 0 Å². The molecule has 1 aliphatic rings. The predicted molar refractivity (Wildman–Crippen MR) is 146 cm³/mol. The number of rotatable bonds is 8. The Morgan fingerprint density at radius 2 is 1.77 bits per heavy atom. The average molecular weight is 543 g/mol. The van der Waals surface area contributed by atoms with E-state index in [4.69, 9.17) is 10.5 Å². The van der Waals surface area contributed by atoms with Gasteiger partial charge in [-0.25, -0.2) is 18.2 Å². The average Bonchev–Trinajstić information content (AvgIpc) is 2.86. The van der Waals surface area contributed by atoms with E-state index in [2.05, 4.69) is 22.2 Å². The van der Waals surface area contributed by atoms with Crippen LogP contribution in [0.5, 0.6) is 5.75 Å². The third kappa shape index (κ3) is 7.70. The van der Waals surface area contributed by atoms with Gasteiger partial charge in [-0.3, -0.25) is 4.98 Å². The van der Waals surface area contributed by atoms with Gasteiger partial charge in [-0.1, -0.05) is 13.3 Å². The smallest absolute Gasteiger partial charge is 0.149 e. The highest BCUT2D eigenvalue weighted by atomic mass is 19.1. The summed E-state index contributed by atoms with van der Waals surface area (Å²) < 4.78 is 49.9. The molecule has 4 rings (SSSR count). The molecule has 0 saturated heterocycles. The van der Waals surface area contributed by atoms with Crippen LogP contribution >= 0.6 is 0 Å². The highest BCUT2D eigenvalue weighted by molar-refractivity contribution is 5.63. The van der Waals surface area contributed by atoms with Crippen LogP contribution in [0.25, 0.3) is 11.3 Å². The first kappa shape index (κ1) is 28.8. The van der Waals surface area contributed by atoms with Crippen molar-refractivity contribution in [2.75, 3.05) is 11.9 Å². The number of nitrogens with two attached hydrogens (primary N) is 1. The first-order valence-corrected chi connectivity index (χ1v) is 13.4. The number of nitrogens with one attached hydrogen (secondary N) is 1. The summed E-state index contributed by atoms with van der Waals surface area (Å²) in [7, 11) is 0. The van der Waals surface area contributed by atoms with Crippen LogP contribution in [-0.4, -0.2) is 33.3 Å². The van der Waals surface area contributed by atoms with Crippen molar-refractivity contribution in [1.29, 1.82) is 0 Å². The van der Waals surface area contributed by atoms with E-state index in [9.17, 15) is 18.3 Å². The van der Waals surface area contributed by atoms with Crippen LogP contribution in [0.15, 0.2) is 42.7 Å². The number of benzene rings is 1. The molecular weight excluding hydrogens is 505 g/mol. The molecule has 9 heteroatoms. The number of halogens is 3. The van der Waals surface area contributed by atoms with Gasteiger partial charge in [0.1, 0.15) is 35.5 Å². The summed E-state index contributed by atoms with van der Waals surface area (Å²) in [6.45, 7) is 5.31. The molecule has 0 bridgehead atoms. The number of aromatic nitrogens is 2. The fraction of sp³-hybridized carbons (Fsp3) is 0.467. The van der Waals surface area contributed by atoms with Gasteiger partial charge in [-0.2, -0.15) is 0 Å². The Hall–Kier alpha value is -3.17. The first-order chi connectivity index (χ1) is 18.5. The zero-order valence-corrected chi connectivity index (χ0v) is 22.7. The second kappa shape index (κ2) is 12.3. The van der Waals surface area contributed by atoms with Gasteiger partial charge < -0.3 is 20.9 Å². The van der Waals surface area contributed by atoms with E-state index >= 15 is 0 Å². The van der Waals surface area contributed by atoms with E-state index in [0.29, 0.717) is 17.5 Å². The van der Waals surface area contributed by atoms with Gasteiger partial charge >= 0.3 is 0 Å². The summed E-state index contributed by atoms with van der Waals surface area (Å²) in [6, 6.07) is 6.76. The summed E-state index contributed by atoms with van der Waals surface area (Å²) in [5.74, 6) is -2.06. The fourth-order valence-corrected chi connectivity index (χ4v) is 5.08. The third-order valence-corrected chi connectivity index (χ3v) is 7.10.